The molecule has 5 nitrogen and oxygen atoms in total. The molecule has 0 heterocycles. The Kier molecular flexibility index (Phi) is 6.12. The zero-order chi connectivity index (χ0) is 17.8. The van der Waals surface area contributed by atoms with Gasteiger partial charge in [0.15, 0.2) is 11.5 Å². The molecule has 1 aromatic rings. The molecule has 2 N–H and O–H groups in total. The monoisotopic (exact) mass is 335 g/mol. The van der Waals surface area contributed by atoms with Crippen molar-refractivity contribution in [1.29, 1.82) is 0 Å². The first kappa shape index (κ1) is 18.9. The number of rotatable bonds is 7. The third kappa shape index (κ3) is 3.62. The van der Waals surface area contributed by atoms with Gasteiger partial charge in [-0.1, -0.05) is 13.3 Å². The molecule has 0 aliphatic heterocycles. The number of amides is 1. The van der Waals surface area contributed by atoms with Gasteiger partial charge >= 0.3 is 6.18 Å². The van der Waals surface area contributed by atoms with Crippen LogP contribution in [0.2, 0.25) is 0 Å². The van der Waals surface area contributed by atoms with Crippen molar-refractivity contribution in [3.05, 3.63) is 16.7 Å². The van der Waals surface area contributed by atoms with E-state index in [9.17, 15) is 18.0 Å². The molecular weight excluding hydrogens is 315 g/mol. The summed E-state index contributed by atoms with van der Waals surface area (Å²) in [6.45, 7) is 1.88. The average Bonchev–Trinajstić information content (AvgIpc) is 2.48. The van der Waals surface area contributed by atoms with E-state index >= 15 is 0 Å². The lowest BCUT2D eigenvalue weighted by Crippen LogP contribution is -2.23. The van der Waals surface area contributed by atoms with Crippen molar-refractivity contribution in [2.45, 2.75) is 32.4 Å². The second-order valence-corrected chi connectivity index (χ2v) is 4.79. The molecule has 130 valence electrons. The Morgan fingerprint density at radius 1 is 1.04 bits per heavy atom. The van der Waals surface area contributed by atoms with Gasteiger partial charge in [0.05, 0.1) is 26.9 Å². The van der Waals surface area contributed by atoms with Crippen LogP contribution in [0.15, 0.2) is 0 Å². The quantitative estimate of drug-likeness (QED) is 0.831. The number of unbranched alkanes of at least 4 members (excludes halogenated alkanes) is 1. The standard InChI is InChI=1S/C15H20F3NO4/c1-5-6-7-8-9(14(19)20)10(15(16,17)18)12(22-3)13(23-4)11(8)21-2/h5-7H2,1-4H3,(H2,19,20). The fraction of sp³-hybridized carbons (Fsp3) is 0.533. The van der Waals surface area contributed by atoms with Gasteiger partial charge in [0, 0.05) is 5.56 Å². The Labute approximate surface area is 132 Å². The van der Waals surface area contributed by atoms with Crippen LogP contribution < -0.4 is 19.9 Å². The summed E-state index contributed by atoms with van der Waals surface area (Å²) in [4.78, 5) is 11.8. The topological polar surface area (TPSA) is 70.8 Å². The molecule has 8 heteroatoms. The molecule has 1 rings (SSSR count). The highest BCUT2D eigenvalue weighted by molar-refractivity contribution is 5.98. The van der Waals surface area contributed by atoms with E-state index < -0.39 is 29.0 Å². The van der Waals surface area contributed by atoms with Gasteiger partial charge in [-0.25, -0.2) is 0 Å². The largest absolute Gasteiger partial charge is 0.492 e. The van der Waals surface area contributed by atoms with E-state index in [0.29, 0.717) is 6.42 Å². The number of halogens is 3. The van der Waals surface area contributed by atoms with Crippen LogP contribution in [0, 0.1) is 0 Å². The van der Waals surface area contributed by atoms with E-state index in [-0.39, 0.29) is 23.5 Å². The molecule has 0 bridgehead atoms. The normalized spacial score (nSPS) is 11.3. The molecule has 0 aliphatic rings. The van der Waals surface area contributed by atoms with Gasteiger partial charge in [-0.3, -0.25) is 4.79 Å². The highest BCUT2D eigenvalue weighted by Crippen LogP contribution is 2.51. The number of ether oxygens (including phenoxy) is 3. The van der Waals surface area contributed by atoms with Crippen LogP contribution in [0.25, 0.3) is 0 Å². The Morgan fingerprint density at radius 2 is 1.57 bits per heavy atom. The van der Waals surface area contributed by atoms with Crippen LogP contribution >= 0.6 is 0 Å². The predicted molar refractivity (Wildman–Crippen MR) is 78.2 cm³/mol. The summed E-state index contributed by atoms with van der Waals surface area (Å²) in [5, 5.41) is 0. The Morgan fingerprint density at radius 3 is 1.91 bits per heavy atom. The number of hydrogen-bond donors (Lipinski definition) is 1. The molecule has 0 radical (unpaired) electrons. The molecule has 0 fully saturated rings. The number of carbonyl (C=O) groups excluding carboxylic acids is 1. The number of benzene rings is 1. The van der Waals surface area contributed by atoms with Crippen molar-refractivity contribution >= 4 is 5.91 Å². The fourth-order valence-corrected chi connectivity index (χ4v) is 2.46. The molecule has 0 saturated heterocycles. The van der Waals surface area contributed by atoms with Crippen LogP contribution in [0.5, 0.6) is 17.2 Å². The van der Waals surface area contributed by atoms with Crippen molar-refractivity contribution in [3.63, 3.8) is 0 Å². The lowest BCUT2D eigenvalue weighted by molar-refractivity contribution is -0.139. The van der Waals surface area contributed by atoms with Crippen molar-refractivity contribution < 1.29 is 32.2 Å². The molecule has 0 atom stereocenters. The second-order valence-electron chi connectivity index (χ2n) is 4.79. The molecule has 0 aliphatic carbocycles. The summed E-state index contributed by atoms with van der Waals surface area (Å²) >= 11 is 0. The second kappa shape index (κ2) is 7.43. The summed E-state index contributed by atoms with van der Waals surface area (Å²) in [7, 11) is 3.54. The number of primary amides is 1. The zero-order valence-electron chi connectivity index (χ0n) is 13.5. The fourth-order valence-electron chi connectivity index (χ4n) is 2.46. The lowest BCUT2D eigenvalue weighted by Gasteiger charge is -2.23. The first-order valence-corrected chi connectivity index (χ1v) is 6.96. The first-order chi connectivity index (χ1) is 10.7. The number of nitrogens with two attached hydrogens (primary N) is 1. The minimum atomic E-state index is -4.84. The molecule has 1 amide bonds. The Balaban J connectivity index is 3.96. The van der Waals surface area contributed by atoms with Crippen LogP contribution in [-0.4, -0.2) is 27.2 Å². The molecular formula is C15H20F3NO4. The summed E-state index contributed by atoms with van der Waals surface area (Å²) in [5.74, 6) is -1.99. The van der Waals surface area contributed by atoms with Crippen LogP contribution in [-0.2, 0) is 12.6 Å². The maximum Gasteiger partial charge on any atom is 0.420 e. The van der Waals surface area contributed by atoms with Crippen LogP contribution in [0.3, 0.4) is 0 Å². The van der Waals surface area contributed by atoms with Crippen LogP contribution in [0.4, 0.5) is 13.2 Å². The maximum atomic E-state index is 13.5. The van der Waals surface area contributed by atoms with E-state index in [1.165, 1.54) is 14.2 Å². The summed E-state index contributed by atoms with van der Waals surface area (Å²) in [6.07, 6.45) is -3.36. The van der Waals surface area contributed by atoms with Gasteiger partial charge in [-0.05, 0) is 12.8 Å². The van der Waals surface area contributed by atoms with Crippen molar-refractivity contribution in [2.75, 3.05) is 21.3 Å². The van der Waals surface area contributed by atoms with Gasteiger partial charge in [-0.15, -0.1) is 0 Å². The third-order valence-corrected chi connectivity index (χ3v) is 3.39. The minimum Gasteiger partial charge on any atom is -0.492 e. The maximum absolute atomic E-state index is 13.5. The molecule has 0 aromatic heterocycles. The predicted octanol–water partition coefficient (Wildman–Crippen LogP) is 3.17. The van der Waals surface area contributed by atoms with Crippen LogP contribution in [0.1, 0.15) is 41.3 Å². The van der Waals surface area contributed by atoms with E-state index in [0.717, 1.165) is 13.5 Å². The van der Waals surface area contributed by atoms with Crippen molar-refractivity contribution in [1.82, 2.24) is 0 Å². The van der Waals surface area contributed by atoms with E-state index in [1.54, 1.807) is 0 Å². The number of carbonyl (C=O) groups is 1. The van der Waals surface area contributed by atoms with Crippen molar-refractivity contribution in [2.24, 2.45) is 5.73 Å². The highest BCUT2D eigenvalue weighted by Gasteiger charge is 2.43. The third-order valence-electron chi connectivity index (χ3n) is 3.39. The number of methoxy groups -OCH3 is 3. The smallest absolute Gasteiger partial charge is 0.420 e. The highest BCUT2D eigenvalue weighted by atomic mass is 19.4. The molecule has 0 unspecified atom stereocenters. The first-order valence-electron chi connectivity index (χ1n) is 6.96. The molecule has 0 spiro atoms. The molecule has 23 heavy (non-hydrogen) atoms. The average molecular weight is 335 g/mol. The van der Waals surface area contributed by atoms with E-state index in [1.807, 2.05) is 6.92 Å². The Bertz CT molecular complexity index is 585. The molecule has 1 aromatic carbocycles. The van der Waals surface area contributed by atoms with E-state index in [2.05, 4.69) is 0 Å². The van der Waals surface area contributed by atoms with Gasteiger partial charge in [0.25, 0.3) is 0 Å². The SMILES string of the molecule is CCCCc1c(OC)c(OC)c(OC)c(C(F)(F)F)c1C(N)=O. The number of alkyl halides is 3. The lowest BCUT2D eigenvalue weighted by atomic mass is 9.93. The van der Waals surface area contributed by atoms with Gasteiger partial charge in [0.1, 0.15) is 5.56 Å². The zero-order valence-corrected chi connectivity index (χ0v) is 13.5. The van der Waals surface area contributed by atoms with Gasteiger partial charge in [0.2, 0.25) is 11.7 Å². The number of hydrogen-bond acceptors (Lipinski definition) is 4. The summed E-state index contributed by atoms with van der Waals surface area (Å²) in [6, 6.07) is 0. The molecule has 0 saturated carbocycles. The summed E-state index contributed by atoms with van der Waals surface area (Å²) in [5.41, 5.74) is 3.43. The van der Waals surface area contributed by atoms with Gasteiger partial charge in [-0.2, -0.15) is 13.2 Å². The van der Waals surface area contributed by atoms with Gasteiger partial charge < -0.3 is 19.9 Å². The van der Waals surface area contributed by atoms with E-state index in [4.69, 9.17) is 19.9 Å². The minimum absolute atomic E-state index is 0.0274. The summed E-state index contributed by atoms with van der Waals surface area (Å²) < 4.78 is 55.7. The Hall–Kier alpha value is -2.12. The van der Waals surface area contributed by atoms with Crippen molar-refractivity contribution in [3.8, 4) is 17.2 Å².